The number of aryl methyl sites for hydroxylation is 1. The Morgan fingerprint density at radius 3 is 2.78 bits per heavy atom. The second-order valence-corrected chi connectivity index (χ2v) is 7.99. The molecule has 0 aliphatic carbocycles. The molecule has 8 nitrogen and oxygen atoms in total. The third-order valence-electron chi connectivity index (χ3n) is 5.23. The van der Waals surface area contributed by atoms with Crippen LogP contribution in [0.25, 0.3) is 0 Å². The molecule has 1 fully saturated rings. The quantitative estimate of drug-likeness (QED) is 0.806. The summed E-state index contributed by atoms with van der Waals surface area (Å²) in [7, 11) is 0. The zero-order valence-electron chi connectivity index (χ0n) is 14.8. The van der Waals surface area contributed by atoms with Crippen LogP contribution < -0.4 is 5.56 Å². The van der Waals surface area contributed by atoms with Crippen molar-refractivity contribution in [2.75, 3.05) is 19.7 Å². The van der Waals surface area contributed by atoms with Crippen molar-refractivity contribution < 1.29 is 19.4 Å². The van der Waals surface area contributed by atoms with E-state index in [2.05, 4.69) is 9.97 Å². The molecule has 0 radical (unpaired) electrons. The zero-order valence-corrected chi connectivity index (χ0v) is 15.6. The molecule has 2 aliphatic rings. The van der Waals surface area contributed by atoms with E-state index in [0.717, 1.165) is 10.4 Å². The number of H-pyrrole nitrogens is 1. The zero-order chi connectivity index (χ0) is 19.2. The molecule has 0 saturated carbocycles. The lowest BCUT2D eigenvalue weighted by molar-refractivity contribution is -0.0926. The van der Waals surface area contributed by atoms with E-state index in [1.165, 1.54) is 17.5 Å². The predicted octanol–water partition coefficient (Wildman–Crippen LogP) is 1.54. The second-order valence-electron chi connectivity index (χ2n) is 6.85. The standard InChI is InChI=1S/C18H19N3O5S/c1-10-19-9-11(15(22)20-10)16(23)21-5-3-18(4-6-21)12-8-14(17(24)25)27-13(12)2-7-26-18/h8-9H,2-7H2,1H3,(H,24,25)(H,19,20,22). The van der Waals surface area contributed by atoms with Crippen molar-refractivity contribution in [1.29, 1.82) is 0 Å². The Morgan fingerprint density at radius 2 is 2.11 bits per heavy atom. The minimum absolute atomic E-state index is 0.0329. The van der Waals surface area contributed by atoms with Crippen molar-refractivity contribution in [2.24, 2.45) is 0 Å². The van der Waals surface area contributed by atoms with Crippen molar-refractivity contribution >= 4 is 23.2 Å². The molecule has 2 aliphatic heterocycles. The molecular formula is C18H19N3O5S. The highest BCUT2D eigenvalue weighted by Gasteiger charge is 2.43. The van der Waals surface area contributed by atoms with Gasteiger partial charge in [-0.25, -0.2) is 9.78 Å². The van der Waals surface area contributed by atoms with Gasteiger partial charge in [0.05, 0.1) is 12.2 Å². The first-order chi connectivity index (χ1) is 12.9. The van der Waals surface area contributed by atoms with Crippen LogP contribution in [0.5, 0.6) is 0 Å². The summed E-state index contributed by atoms with van der Waals surface area (Å²) in [6, 6.07) is 1.72. The van der Waals surface area contributed by atoms with Gasteiger partial charge in [0.1, 0.15) is 16.3 Å². The Morgan fingerprint density at radius 1 is 1.37 bits per heavy atom. The lowest BCUT2D eigenvalue weighted by atomic mass is 9.82. The third-order valence-corrected chi connectivity index (χ3v) is 6.42. The van der Waals surface area contributed by atoms with E-state index in [4.69, 9.17) is 4.74 Å². The number of carbonyl (C=O) groups excluding carboxylic acids is 1. The monoisotopic (exact) mass is 389 g/mol. The summed E-state index contributed by atoms with van der Waals surface area (Å²) in [5.74, 6) is -0.807. The lowest BCUT2D eigenvalue weighted by Gasteiger charge is -2.44. The minimum atomic E-state index is -0.928. The number of carboxylic acid groups (broad SMARTS) is 1. The Hall–Kier alpha value is -2.52. The number of nitrogens with zero attached hydrogens (tertiary/aromatic N) is 2. The van der Waals surface area contributed by atoms with Crippen molar-refractivity contribution in [3.63, 3.8) is 0 Å². The molecule has 1 saturated heterocycles. The van der Waals surface area contributed by atoms with Gasteiger partial charge in [-0.05, 0) is 31.4 Å². The number of nitrogens with one attached hydrogen (secondary N) is 1. The molecule has 0 atom stereocenters. The van der Waals surface area contributed by atoms with Crippen molar-refractivity contribution in [3.8, 4) is 0 Å². The number of aromatic amines is 1. The lowest BCUT2D eigenvalue weighted by Crippen LogP contribution is -2.48. The molecule has 4 heterocycles. The van der Waals surface area contributed by atoms with Crippen LogP contribution in [0.3, 0.4) is 0 Å². The molecule has 2 aromatic heterocycles. The van der Waals surface area contributed by atoms with Gasteiger partial charge in [0.2, 0.25) is 0 Å². The van der Waals surface area contributed by atoms with E-state index in [1.807, 2.05) is 0 Å². The smallest absolute Gasteiger partial charge is 0.345 e. The molecule has 4 rings (SSSR count). The molecule has 1 amide bonds. The van der Waals surface area contributed by atoms with Crippen molar-refractivity contribution in [1.82, 2.24) is 14.9 Å². The molecule has 27 heavy (non-hydrogen) atoms. The van der Waals surface area contributed by atoms with Gasteiger partial charge >= 0.3 is 5.97 Å². The summed E-state index contributed by atoms with van der Waals surface area (Å²) in [4.78, 5) is 45.6. The van der Waals surface area contributed by atoms with Crippen LogP contribution in [-0.4, -0.2) is 51.5 Å². The summed E-state index contributed by atoms with van der Waals surface area (Å²) >= 11 is 1.30. The number of hydrogen-bond acceptors (Lipinski definition) is 6. The second kappa shape index (κ2) is 6.58. The van der Waals surface area contributed by atoms with Gasteiger partial charge < -0.3 is 19.7 Å². The number of ether oxygens (including phenoxy) is 1. The summed E-state index contributed by atoms with van der Waals surface area (Å²) in [6.45, 7) is 3.07. The Kier molecular flexibility index (Phi) is 4.35. The number of hydrogen-bond donors (Lipinski definition) is 2. The number of likely N-dealkylation sites (tertiary alicyclic amines) is 1. The third kappa shape index (κ3) is 3.06. The van der Waals surface area contributed by atoms with Crippen molar-refractivity contribution in [2.45, 2.75) is 31.8 Å². The first kappa shape index (κ1) is 17.9. The minimum Gasteiger partial charge on any atom is -0.477 e. The van der Waals surface area contributed by atoms with Gasteiger partial charge in [-0.3, -0.25) is 9.59 Å². The molecule has 2 N–H and O–H groups in total. The van der Waals surface area contributed by atoms with Gasteiger partial charge in [-0.2, -0.15) is 0 Å². The van der Waals surface area contributed by atoms with E-state index >= 15 is 0 Å². The van der Waals surface area contributed by atoms with Gasteiger partial charge in [0, 0.05) is 30.6 Å². The van der Waals surface area contributed by atoms with Gasteiger partial charge in [-0.15, -0.1) is 11.3 Å². The highest BCUT2D eigenvalue weighted by Crippen LogP contribution is 2.44. The number of rotatable bonds is 2. The van der Waals surface area contributed by atoms with E-state index in [9.17, 15) is 19.5 Å². The van der Waals surface area contributed by atoms with Crippen LogP contribution in [0.15, 0.2) is 17.1 Å². The van der Waals surface area contributed by atoms with Crippen LogP contribution in [-0.2, 0) is 16.8 Å². The topological polar surface area (TPSA) is 113 Å². The maximum absolute atomic E-state index is 12.7. The molecular weight excluding hydrogens is 370 g/mol. The number of piperidine rings is 1. The normalized spacial score (nSPS) is 18.3. The average molecular weight is 389 g/mol. The molecule has 0 aromatic carbocycles. The van der Waals surface area contributed by atoms with Crippen molar-refractivity contribution in [3.05, 3.63) is 49.3 Å². The van der Waals surface area contributed by atoms with Crippen LogP contribution in [0, 0.1) is 6.92 Å². The molecule has 1 spiro atoms. The number of aromatic carboxylic acids is 1. The number of carbonyl (C=O) groups is 2. The fourth-order valence-corrected chi connectivity index (χ4v) is 4.88. The Labute approximate surface area is 158 Å². The number of fused-ring (bicyclic) bond motifs is 2. The summed E-state index contributed by atoms with van der Waals surface area (Å²) in [5.41, 5.74) is -0.0107. The highest BCUT2D eigenvalue weighted by molar-refractivity contribution is 7.14. The molecule has 9 heteroatoms. The fourth-order valence-electron chi connectivity index (χ4n) is 3.81. The van der Waals surface area contributed by atoms with Crippen LogP contribution in [0.2, 0.25) is 0 Å². The molecule has 0 unspecified atom stereocenters. The largest absolute Gasteiger partial charge is 0.477 e. The molecule has 2 aromatic rings. The van der Waals surface area contributed by atoms with E-state index in [-0.39, 0.29) is 11.5 Å². The molecule has 142 valence electrons. The summed E-state index contributed by atoms with van der Waals surface area (Å²) < 4.78 is 6.09. The predicted molar refractivity (Wildman–Crippen MR) is 97.3 cm³/mol. The van der Waals surface area contributed by atoms with E-state index in [1.54, 1.807) is 17.9 Å². The summed E-state index contributed by atoms with van der Waals surface area (Å²) in [6.07, 6.45) is 3.16. The molecule has 0 bridgehead atoms. The van der Waals surface area contributed by atoms with Gasteiger partial charge in [0.15, 0.2) is 0 Å². The maximum atomic E-state index is 12.7. The van der Waals surface area contributed by atoms with Gasteiger partial charge in [0.25, 0.3) is 11.5 Å². The number of carboxylic acids is 1. The van der Waals surface area contributed by atoms with E-state index in [0.29, 0.717) is 49.7 Å². The van der Waals surface area contributed by atoms with Gasteiger partial charge in [-0.1, -0.05) is 0 Å². The van der Waals surface area contributed by atoms with Crippen LogP contribution >= 0.6 is 11.3 Å². The number of aromatic nitrogens is 2. The number of amides is 1. The highest BCUT2D eigenvalue weighted by atomic mass is 32.1. The maximum Gasteiger partial charge on any atom is 0.345 e. The van der Waals surface area contributed by atoms with Crippen LogP contribution in [0.4, 0.5) is 0 Å². The van der Waals surface area contributed by atoms with E-state index < -0.39 is 17.1 Å². The Balaban J connectivity index is 1.55. The fraction of sp³-hybridized carbons (Fsp3) is 0.444. The number of thiophene rings is 1. The average Bonchev–Trinajstić information content (AvgIpc) is 3.08. The summed E-state index contributed by atoms with van der Waals surface area (Å²) in [5, 5.41) is 9.29. The Bertz CT molecular complexity index is 972. The first-order valence-electron chi connectivity index (χ1n) is 8.75. The first-order valence-corrected chi connectivity index (χ1v) is 9.57. The SMILES string of the molecule is Cc1ncc(C(=O)N2CCC3(CC2)OCCc2sc(C(=O)O)cc23)c(=O)[nH]1. The van der Waals surface area contributed by atoms with Crippen LogP contribution in [0.1, 0.15) is 49.1 Å².